The second-order valence-electron chi connectivity index (χ2n) is 7.81. The van der Waals surface area contributed by atoms with E-state index in [1.807, 2.05) is 18.2 Å². The highest BCUT2D eigenvalue weighted by Crippen LogP contribution is 2.37. The molecule has 2 aromatic rings. The first-order chi connectivity index (χ1) is 15.1. The minimum absolute atomic E-state index is 0.160. The highest BCUT2D eigenvalue weighted by Gasteiger charge is 2.39. The third kappa shape index (κ3) is 7.63. The predicted molar refractivity (Wildman–Crippen MR) is 122 cm³/mol. The van der Waals surface area contributed by atoms with E-state index in [2.05, 4.69) is 34.1 Å². The number of hydrogen-bond donors (Lipinski definition) is 2. The van der Waals surface area contributed by atoms with E-state index in [0.717, 1.165) is 43.8 Å². The van der Waals surface area contributed by atoms with E-state index in [1.54, 1.807) is 17.8 Å². The van der Waals surface area contributed by atoms with Crippen LogP contribution in [0.5, 0.6) is 0 Å². The summed E-state index contributed by atoms with van der Waals surface area (Å²) in [5.74, 6) is 0.714. The van der Waals surface area contributed by atoms with Crippen LogP contribution in [0.15, 0.2) is 53.4 Å². The van der Waals surface area contributed by atoms with Gasteiger partial charge in [0.05, 0.1) is 13.2 Å². The van der Waals surface area contributed by atoms with Crippen molar-refractivity contribution in [1.82, 2.24) is 5.32 Å². The molecule has 2 aromatic carbocycles. The topological polar surface area (TPSA) is 67.8 Å². The van der Waals surface area contributed by atoms with Crippen molar-refractivity contribution in [2.75, 3.05) is 32.1 Å². The minimum Gasteiger partial charge on any atom is -0.379 e. The Hall–Kier alpha value is -1.34. The predicted octanol–water partition coefficient (Wildman–Crippen LogP) is 5.20. The maximum Gasteiger partial charge on any atom is 0.694 e. The van der Waals surface area contributed by atoms with Crippen LogP contribution in [-0.4, -0.2) is 37.0 Å². The molecule has 0 saturated carbocycles. The average Bonchev–Trinajstić information content (AvgIpc) is 2.73. The van der Waals surface area contributed by atoms with Crippen LogP contribution in [0.2, 0.25) is 0 Å². The van der Waals surface area contributed by atoms with Crippen molar-refractivity contribution >= 4 is 20.0 Å². The van der Waals surface area contributed by atoms with Crippen molar-refractivity contribution < 1.29 is 23.1 Å². The molecule has 1 unspecified atom stereocenters. The van der Waals surface area contributed by atoms with Gasteiger partial charge in [0.2, 0.25) is 0 Å². The van der Waals surface area contributed by atoms with Gasteiger partial charge in [0, 0.05) is 21.4 Å². The van der Waals surface area contributed by atoms with Crippen LogP contribution >= 0.6 is 20.0 Å². The number of ether oxygens (including phenoxy) is 1. The molecule has 31 heavy (non-hydrogen) atoms. The third-order valence-corrected chi connectivity index (χ3v) is 7.01. The van der Waals surface area contributed by atoms with Crippen molar-refractivity contribution in [1.29, 1.82) is 0 Å². The lowest BCUT2D eigenvalue weighted by Crippen LogP contribution is -2.46. The zero-order valence-corrected chi connectivity index (χ0v) is 19.3. The molecule has 168 valence electrons. The molecule has 3 rings (SSSR count). The van der Waals surface area contributed by atoms with Gasteiger partial charge in [-0.25, -0.2) is 4.39 Å². The lowest BCUT2D eigenvalue weighted by molar-refractivity contribution is -0.0652. The van der Waals surface area contributed by atoms with Crippen LogP contribution in [0, 0.1) is 5.82 Å². The highest BCUT2D eigenvalue weighted by molar-refractivity contribution is 7.99. The van der Waals surface area contributed by atoms with E-state index in [9.17, 15) is 8.96 Å². The van der Waals surface area contributed by atoms with Gasteiger partial charge in [-0.2, -0.15) is 0 Å². The van der Waals surface area contributed by atoms with Crippen molar-refractivity contribution in [2.24, 2.45) is 0 Å². The Balaban J connectivity index is 1.34. The van der Waals surface area contributed by atoms with Gasteiger partial charge in [-0.3, -0.25) is 0 Å². The van der Waals surface area contributed by atoms with E-state index >= 15 is 0 Å². The van der Waals surface area contributed by atoms with Gasteiger partial charge in [0.15, 0.2) is 0 Å². The largest absolute Gasteiger partial charge is 0.694 e. The molecule has 0 radical (unpaired) electrons. The normalized spacial score (nSPS) is 15.5. The first-order valence-corrected chi connectivity index (χ1v) is 12.7. The molecule has 1 aliphatic rings. The molecular weight excluding hydrogens is 436 g/mol. The van der Waals surface area contributed by atoms with Gasteiger partial charge in [0.1, 0.15) is 12.4 Å². The smallest absolute Gasteiger partial charge is 0.379 e. The number of hydrogen-bond acceptors (Lipinski definition) is 5. The first kappa shape index (κ1) is 24.3. The summed E-state index contributed by atoms with van der Waals surface area (Å²) in [4.78, 5) is 9.24. The number of halogens is 1. The first-order valence-electron chi connectivity index (χ1n) is 10.6. The van der Waals surface area contributed by atoms with Gasteiger partial charge in [-0.1, -0.05) is 42.8 Å². The number of thioether (sulfide) groups is 1. The lowest BCUT2D eigenvalue weighted by atomic mass is 9.75. The number of rotatable bonds is 14. The summed E-state index contributed by atoms with van der Waals surface area (Å²) in [6.07, 6.45) is 3.87. The fourth-order valence-electron chi connectivity index (χ4n) is 3.69. The summed E-state index contributed by atoms with van der Waals surface area (Å²) in [6, 6.07) is 16.0. The molecule has 1 aliphatic heterocycles. The maximum atomic E-state index is 14.4. The zero-order chi connectivity index (χ0) is 21.9. The van der Waals surface area contributed by atoms with E-state index in [-0.39, 0.29) is 17.8 Å². The van der Waals surface area contributed by atoms with Crippen molar-refractivity contribution in [3.8, 4) is 0 Å². The number of benzene rings is 2. The summed E-state index contributed by atoms with van der Waals surface area (Å²) in [5.41, 5.74) is 2.40. The average molecular weight is 467 g/mol. The monoisotopic (exact) mass is 466 g/mol. The second-order valence-corrected chi connectivity index (χ2v) is 9.68. The Kier molecular flexibility index (Phi) is 9.91. The highest BCUT2D eigenvalue weighted by atomic mass is 32.2. The quantitative estimate of drug-likeness (QED) is 0.227. The Morgan fingerprint density at radius 2 is 1.97 bits per heavy atom. The van der Waals surface area contributed by atoms with E-state index in [4.69, 9.17) is 9.63 Å². The van der Waals surface area contributed by atoms with Crippen LogP contribution in [-0.2, 0) is 25.8 Å². The second kappa shape index (κ2) is 12.6. The standard InChI is InChI=1S/C23H29FNO4PS/c24-21-15-19(16-25-12-6-13-29-30(26)27)9-10-22(21)31-14-5-4-11-23(17-28-18-23)20-7-2-1-3-8-20/h1-3,7-10,15,25H,4-6,11-14,16-18H2/p+1. The summed E-state index contributed by atoms with van der Waals surface area (Å²) >= 11 is 1.57. The van der Waals surface area contributed by atoms with Crippen molar-refractivity contribution in [3.05, 3.63) is 65.5 Å². The van der Waals surface area contributed by atoms with Gasteiger partial charge < -0.3 is 10.1 Å². The molecule has 0 bridgehead atoms. The van der Waals surface area contributed by atoms with Crippen LogP contribution in [0.25, 0.3) is 0 Å². The molecule has 5 nitrogen and oxygen atoms in total. The minimum atomic E-state index is -2.53. The fraction of sp³-hybridized carbons (Fsp3) is 0.478. The van der Waals surface area contributed by atoms with Gasteiger partial charge >= 0.3 is 8.25 Å². The molecule has 1 fully saturated rings. The fourth-order valence-corrected chi connectivity index (χ4v) is 4.90. The molecule has 1 heterocycles. The molecule has 0 amide bonds. The Morgan fingerprint density at radius 1 is 1.16 bits per heavy atom. The van der Waals surface area contributed by atoms with Gasteiger partial charge in [-0.05, 0) is 54.8 Å². The van der Waals surface area contributed by atoms with Crippen molar-refractivity contribution in [2.45, 2.75) is 42.5 Å². The van der Waals surface area contributed by atoms with Gasteiger partial charge in [0.25, 0.3) is 0 Å². The van der Waals surface area contributed by atoms with E-state index in [0.29, 0.717) is 24.4 Å². The lowest BCUT2D eigenvalue weighted by Gasteiger charge is -2.42. The van der Waals surface area contributed by atoms with E-state index in [1.165, 1.54) is 5.56 Å². The Morgan fingerprint density at radius 3 is 2.65 bits per heavy atom. The maximum absolute atomic E-state index is 14.4. The summed E-state index contributed by atoms with van der Waals surface area (Å²) in [5, 5.41) is 3.18. The molecule has 8 heteroatoms. The Labute approximate surface area is 188 Å². The van der Waals surface area contributed by atoms with Crippen LogP contribution < -0.4 is 5.32 Å². The summed E-state index contributed by atoms with van der Waals surface area (Å²) < 4.78 is 34.9. The number of unbranched alkanes of at least 4 members (excludes halogenated alkanes) is 1. The molecule has 1 atom stereocenters. The van der Waals surface area contributed by atoms with Gasteiger partial charge in [-0.15, -0.1) is 21.2 Å². The SMILES string of the molecule is O=[P+](O)OCCCNCc1ccc(SCCCCC2(c3ccccc3)COC2)c(F)c1. The molecule has 0 aliphatic carbocycles. The molecule has 2 N–H and O–H groups in total. The zero-order valence-electron chi connectivity index (χ0n) is 17.6. The van der Waals surface area contributed by atoms with Crippen LogP contribution in [0.1, 0.15) is 36.8 Å². The number of nitrogens with one attached hydrogen (secondary N) is 1. The van der Waals surface area contributed by atoms with E-state index < -0.39 is 8.25 Å². The molecular formula is C23H30FNO4PS+. The Bertz CT molecular complexity index is 836. The van der Waals surface area contributed by atoms with Crippen molar-refractivity contribution in [3.63, 3.8) is 0 Å². The summed E-state index contributed by atoms with van der Waals surface area (Å²) in [6.45, 7) is 3.00. The molecule has 0 aromatic heterocycles. The molecule has 1 saturated heterocycles. The van der Waals surface area contributed by atoms with Crippen LogP contribution in [0.4, 0.5) is 4.39 Å². The third-order valence-electron chi connectivity index (χ3n) is 5.48. The summed E-state index contributed by atoms with van der Waals surface area (Å²) in [7, 11) is -2.53. The van der Waals surface area contributed by atoms with Crippen LogP contribution in [0.3, 0.4) is 0 Å². The molecule has 0 spiro atoms.